The van der Waals surface area contributed by atoms with E-state index in [-0.39, 0.29) is 47.1 Å². The third-order valence-electron chi connectivity index (χ3n) is 7.93. The SMILES string of the molecule is CC(=O)c1c([C@@H]2C[C@@H](C)N(C(=O)c3cc(N)n[nH]3)[C@@H](C)C2)nc2c(-c3ccc(-c4ccc(F)cc4)nc3)cnn2c1N. The van der Waals surface area contributed by atoms with Crippen molar-refractivity contribution in [2.75, 3.05) is 11.5 Å². The summed E-state index contributed by atoms with van der Waals surface area (Å²) in [6.07, 6.45) is 4.53. The van der Waals surface area contributed by atoms with E-state index >= 15 is 0 Å². The minimum absolute atomic E-state index is 0.126. The monoisotopic (exact) mass is 567 g/mol. The van der Waals surface area contributed by atoms with Crippen LogP contribution in [-0.4, -0.2) is 58.5 Å². The highest BCUT2D eigenvalue weighted by molar-refractivity contribution is 6.00. The number of amides is 1. The fourth-order valence-corrected chi connectivity index (χ4v) is 6.03. The number of Topliss-reactive ketones (excluding diaryl/α,β-unsaturated/α-hetero) is 1. The van der Waals surface area contributed by atoms with Crippen LogP contribution in [0.25, 0.3) is 28.0 Å². The number of nitrogens with zero attached hydrogens (tertiary/aromatic N) is 6. The lowest BCUT2D eigenvalue weighted by Crippen LogP contribution is -2.49. The molecular weight excluding hydrogens is 537 g/mol. The third-order valence-corrected chi connectivity index (χ3v) is 7.93. The molecule has 6 rings (SSSR count). The smallest absolute Gasteiger partial charge is 0.272 e. The maximum atomic E-state index is 13.4. The normalized spacial score (nSPS) is 18.9. The number of carbonyl (C=O) groups is 2. The number of ketones is 1. The van der Waals surface area contributed by atoms with Crippen LogP contribution in [0.4, 0.5) is 16.0 Å². The largest absolute Gasteiger partial charge is 0.383 e. The number of hydrogen-bond acceptors (Lipinski definition) is 8. The summed E-state index contributed by atoms with van der Waals surface area (Å²) in [4.78, 5) is 37.5. The number of piperidine rings is 1. The number of H-pyrrole nitrogens is 1. The van der Waals surface area contributed by atoms with Crippen molar-refractivity contribution in [1.29, 1.82) is 0 Å². The van der Waals surface area contributed by atoms with Crippen molar-refractivity contribution in [2.24, 2.45) is 0 Å². The van der Waals surface area contributed by atoms with Crippen molar-refractivity contribution >= 4 is 29.0 Å². The molecule has 11 nitrogen and oxygen atoms in total. The average molecular weight is 568 g/mol. The second-order valence-electron chi connectivity index (χ2n) is 10.8. The first-order valence-corrected chi connectivity index (χ1v) is 13.7. The van der Waals surface area contributed by atoms with Gasteiger partial charge in [-0.2, -0.15) is 14.7 Å². The van der Waals surface area contributed by atoms with E-state index in [9.17, 15) is 14.0 Å². The van der Waals surface area contributed by atoms with E-state index in [1.165, 1.54) is 29.6 Å². The fraction of sp³-hybridized carbons (Fsp3) is 0.267. The summed E-state index contributed by atoms with van der Waals surface area (Å²) < 4.78 is 14.8. The molecule has 0 aliphatic carbocycles. The highest BCUT2D eigenvalue weighted by Gasteiger charge is 2.38. The van der Waals surface area contributed by atoms with Crippen LogP contribution in [0.5, 0.6) is 0 Å². The minimum Gasteiger partial charge on any atom is -0.383 e. The maximum Gasteiger partial charge on any atom is 0.272 e. The Kier molecular flexibility index (Phi) is 6.68. The highest BCUT2D eigenvalue weighted by atomic mass is 19.1. The van der Waals surface area contributed by atoms with Crippen molar-refractivity contribution in [3.8, 4) is 22.4 Å². The Morgan fingerprint density at radius 3 is 2.29 bits per heavy atom. The second kappa shape index (κ2) is 10.4. The molecule has 0 spiro atoms. The number of anilines is 2. The van der Waals surface area contributed by atoms with Gasteiger partial charge < -0.3 is 16.4 Å². The van der Waals surface area contributed by atoms with Gasteiger partial charge in [0.25, 0.3) is 5.91 Å². The van der Waals surface area contributed by atoms with E-state index in [4.69, 9.17) is 16.5 Å². The summed E-state index contributed by atoms with van der Waals surface area (Å²) in [6, 6.07) is 11.1. The molecule has 1 saturated heterocycles. The minimum atomic E-state index is -0.310. The van der Waals surface area contributed by atoms with Gasteiger partial charge in [0.05, 0.1) is 23.1 Å². The summed E-state index contributed by atoms with van der Waals surface area (Å²) in [7, 11) is 0. The number of aromatic nitrogens is 6. The van der Waals surface area contributed by atoms with Crippen LogP contribution in [0.3, 0.4) is 0 Å². The lowest BCUT2D eigenvalue weighted by molar-refractivity contribution is 0.0468. The van der Waals surface area contributed by atoms with Crippen LogP contribution in [-0.2, 0) is 0 Å². The Bertz CT molecular complexity index is 1800. The van der Waals surface area contributed by atoms with Gasteiger partial charge in [0.1, 0.15) is 23.1 Å². The van der Waals surface area contributed by atoms with Gasteiger partial charge in [0.15, 0.2) is 11.4 Å². The van der Waals surface area contributed by atoms with Gasteiger partial charge in [-0.1, -0.05) is 6.07 Å². The number of pyridine rings is 1. The van der Waals surface area contributed by atoms with Gasteiger partial charge in [-0.05, 0) is 63.9 Å². The number of fused-ring (bicyclic) bond motifs is 1. The molecule has 214 valence electrons. The second-order valence-corrected chi connectivity index (χ2v) is 10.8. The molecule has 1 aromatic carbocycles. The van der Waals surface area contributed by atoms with Crippen LogP contribution in [0.2, 0.25) is 0 Å². The topological polar surface area (TPSA) is 161 Å². The molecule has 1 amide bonds. The molecule has 42 heavy (non-hydrogen) atoms. The quantitative estimate of drug-likeness (QED) is 0.262. The number of nitrogens with two attached hydrogens (primary N) is 2. The van der Waals surface area contributed by atoms with Gasteiger partial charge in [0, 0.05) is 47.0 Å². The van der Waals surface area contributed by atoms with Crippen LogP contribution < -0.4 is 11.5 Å². The Hall–Kier alpha value is -5.13. The molecular formula is C30H30FN9O2. The number of likely N-dealkylation sites (tertiary alicyclic amines) is 1. The summed E-state index contributed by atoms with van der Waals surface area (Å²) in [5, 5.41) is 11.0. The van der Waals surface area contributed by atoms with Gasteiger partial charge in [0.2, 0.25) is 0 Å². The van der Waals surface area contributed by atoms with E-state index in [0.29, 0.717) is 46.7 Å². The molecule has 12 heteroatoms. The van der Waals surface area contributed by atoms with Crippen molar-refractivity contribution < 1.29 is 14.0 Å². The molecule has 5 heterocycles. The number of nitrogens with one attached hydrogen (secondary N) is 1. The summed E-state index contributed by atoms with van der Waals surface area (Å²) in [5.41, 5.74) is 17.0. The van der Waals surface area contributed by atoms with Crippen molar-refractivity contribution in [3.05, 3.63) is 77.6 Å². The number of carbonyl (C=O) groups excluding carboxylic acids is 2. The van der Waals surface area contributed by atoms with Crippen LogP contribution in [0.1, 0.15) is 66.1 Å². The van der Waals surface area contributed by atoms with Gasteiger partial charge in [-0.25, -0.2) is 9.37 Å². The molecule has 4 aromatic heterocycles. The number of hydrogen-bond donors (Lipinski definition) is 3. The zero-order valence-corrected chi connectivity index (χ0v) is 23.4. The van der Waals surface area contributed by atoms with Crippen LogP contribution in [0, 0.1) is 5.82 Å². The lowest BCUT2D eigenvalue weighted by atomic mass is 9.82. The molecule has 3 atom stereocenters. The van der Waals surface area contributed by atoms with Crippen molar-refractivity contribution in [1.82, 2.24) is 34.7 Å². The molecule has 5 aromatic rings. The first kappa shape index (κ1) is 27.1. The number of halogens is 1. The molecule has 0 unspecified atom stereocenters. The molecule has 0 radical (unpaired) electrons. The number of nitrogen functional groups attached to an aromatic ring is 2. The van der Waals surface area contributed by atoms with Crippen LogP contribution in [0.15, 0.2) is 54.9 Å². The molecule has 1 fully saturated rings. The highest BCUT2D eigenvalue weighted by Crippen LogP contribution is 2.39. The standard InChI is InChI=1S/C30H30FN9O2/c1-15-10-20(11-16(2)39(15)30(42)24-12-25(32)38-37-24)27-26(17(3)41)28(33)40-29(36-27)22(14-35-40)19-6-9-23(34-13-19)18-4-7-21(31)8-5-18/h4-9,12-16,20H,10-11,33H2,1-3H3,(H3,32,37,38)/t15-,16+,20-. The number of aromatic amines is 1. The van der Waals surface area contributed by atoms with E-state index in [0.717, 1.165) is 11.1 Å². The predicted octanol–water partition coefficient (Wildman–Crippen LogP) is 4.48. The van der Waals surface area contributed by atoms with E-state index in [2.05, 4.69) is 20.3 Å². The number of rotatable bonds is 5. The molecule has 1 aliphatic heterocycles. The maximum absolute atomic E-state index is 13.4. The Morgan fingerprint density at radius 2 is 1.69 bits per heavy atom. The van der Waals surface area contributed by atoms with E-state index < -0.39 is 0 Å². The first-order chi connectivity index (χ1) is 20.1. The summed E-state index contributed by atoms with van der Waals surface area (Å²) in [6.45, 7) is 5.43. The molecule has 1 aliphatic rings. The van der Waals surface area contributed by atoms with E-state index in [1.807, 2.05) is 30.9 Å². The number of benzene rings is 1. The average Bonchev–Trinajstić information content (AvgIpc) is 3.59. The van der Waals surface area contributed by atoms with Gasteiger partial charge >= 0.3 is 0 Å². The summed E-state index contributed by atoms with van der Waals surface area (Å²) >= 11 is 0. The van der Waals surface area contributed by atoms with Crippen molar-refractivity contribution in [3.63, 3.8) is 0 Å². The van der Waals surface area contributed by atoms with Gasteiger partial charge in [-0.15, -0.1) is 0 Å². The Labute approximate surface area is 240 Å². The molecule has 0 bridgehead atoms. The fourth-order valence-electron chi connectivity index (χ4n) is 6.03. The van der Waals surface area contributed by atoms with E-state index in [1.54, 1.807) is 24.5 Å². The third kappa shape index (κ3) is 4.64. The zero-order valence-electron chi connectivity index (χ0n) is 23.4. The molecule has 5 N–H and O–H groups in total. The lowest BCUT2D eigenvalue weighted by Gasteiger charge is -2.42. The predicted molar refractivity (Wildman–Crippen MR) is 156 cm³/mol. The molecule has 0 saturated carbocycles. The van der Waals surface area contributed by atoms with Crippen LogP contribution >= 0.6 is 0 Å². The first-order valence-electron chi connectivity index (χ1n) is 13.7. The summed E-state index contributed by atoms with van der Waals surface area (Å²) in [5.74, 6) is -0.344. The van der Waals surface area contributed by atoms with Crippen molar-refractivity contribution in [2.45, 2.75) is 51.6 Å². The Morgan fingerprint density at radius 1 is 1.00 bits per heavy atom. The zero-order chi connectivity index (χ0) is 29.7. The van der Waals surface area contributed by atoms with Gasteiger partial charge in [-0.3, -0.25) is 19.7 Å². The Balaban J connectivity index is 1.36.